The molecule has 30 heavy (non-hydrogen) atoms. The molecule has 8 atom stereocenters. The molecular formula is C21H39ClN2O5S. The average Bonchev–Trinajstić information content (AvgIpc) is 2.90. The van der Waals surface area contributed by atoms with Gasteiger partial charge in [-0.25, -0.2) is 0 Å². The molecule has 2 saturated heterocycles. The predicted octanol–water partition coefficient (Wildman–Crippen LogP) is 1.63. The van der Waals surface area contributed by atoms with Gasteiger partial charge in [0.25, 0.3) is 0 Å². The third-order valence-electron chi connectivity index (χ3n) is 5.59. The van der Waals surface area contributed by atoms with E-state index in [1.807, 2.05) is 0 Å². The summed E-state index contributed by atoms with van der Waals surface area (Å²) in [7, 11) is 1.68. The van der Waals surface area contributed by atoms with Crippen LogP contribution in [0.1, 0.15) is 46.0 Å². The van der Waals surface area contributed by atoms with Gasteiger partial charge in [-0.1, -0.05) is 25.5 Å². The Morgan fingerprint density at radius 1 is 1.37 bits per heavy atom. The van der Waals surface area contributed by atoms with Crippen molar-refractivity contribution in [3.63, 3.8) is 0 Å². The summed E-state index contributed by atoms with van der Waals surface area (Å²) >= 11 is 7.11. The fraction of sp³-hybridized carbons (Fsp3) is 0.857. The van der Waals surface area contributed by atoms with E-state index >= 15 is 0 Å². The molecule has 0 saturated carbocycles. The van der Waals surface area contributed by atoms with Crippen molar-refractivity contribution >= 4 is 29.3 Å². The van der Waals surface area contributed by atoms with Gasteiger partial charge in [0.1, 0.15) is 23.7 Å². The lowest BCUT2D eigenvalue weighted by Crippen LogP contribution is -2.56. The number of amides is 1. The number of carbonyl (C=O) groups excluding carboxylic acids is 1. The van der Waals surface area contributed by atoms with Crippen molar-refractivity contribution in [3.8, 4) is 0 Å². The Hall–Kier alpha value is -0.350. The maximum absolute atomic E-state index is 11.5. The molecule has 2 rings (SSSR count). The number of likely N-dealkylation sites (N-methyl/N-ethyl adjacent to an activating group) is 1. The molecule has 0 radical (unpaired) electrons. The standard InChI is InChI=1S/C12H22N2O.C9H17ClO4S/c1-4-5-10-6-7-14-11(8-9(10)2)12(15)13-3;1-4(10)3-5-6(11)7(12)8(13)9(14-5)15-2/h10-11,14H,2,4-8H2,1,3H3,(H,13,15);4-9,11-13H,3H2,1-2H3/t10?,11-;4-,5+,6-,7-,8+,9+/m00/s1. The highest BCUT2D eigenvalue weighted by Crippen LogP contribution is 2.29. The van der Waals surface area contributed by atoms with Crippen LogP contribution in [-0.4, -0.2) is 82.3 Å². The van der Waals surface area contributed by atoms with Gasteiger partial charge in [0.15, 0.2) is 0 Å². The largest absolute Gasteiger partial charge is 0.388 e. The van der Waals surface area contributed by atoms with E-state index in [1.165, 1.54) is 30.2 Å². The molecular weight excluding hydrogens is 428 g/mol. The number of hydrogen-bond acceptors (Lipinski definition) is 7. The third-order valence-corrected chi connectivity index (χ3v) is 6.62. The van der Waals surface area contributed by atoms with Crippen LogP contribution in [0.15, 0.2) is 12.2 Å². The Bertz CT molecular complexity index is 538. The van der Waals surface area contributed by atoms with Gasteiger partial charge in [-0.3, -0.25) is 4.79 Å². The molecule has 176 valence electrons. The topological polar surface area (TPSA) is 111 Å². The fourth-order valence-corrected chi connectivity index (χ4v) is 4.69. The molecule has 0 bridgehead atoms. The molecule has 2 aliphatic rings. The Morgan fingerprint density at radius 3 is 2.57 bits per heavy atom. The highest BCUT2D eigenvalue weighted by atomic mass is 35.5. The molecule has 5 N–H and O–H groups in total. The quantitative estimate of drug-likeness (QED) is 0.299. The lowest BCUT2D eigenvalue weighted by molar-refractivity contribution is -0.198. The van der Waals surface area contributed by atoms with Gasteiger partial charge >= 0.3 is 0 Å². The highest BCUT2D eigenvalue weighted by Gasteiger charge is 2.43. The lowest BCUT2D eigenvalue weighted by atomic mass is 9.90. The van der Waals surface area contributed by atoms with Crippen molar-refractivity contribution in [1.82, 2.24) is 10.6 Å². The Balaban J connectivity index is 0.000000300. The van der Waals surface area contributed by atoms with Gasteiger partial charge in [0.2, 0.25) is 5.91 Å². The molecule has 7 nitrogen and oxygen atoms in total. The summed E-state index contributed by atoms with van der Waals surface area (Å²) in [5, 5.41) is 34.7. The number of ether oxygens (including phenoxy) is 1. The minimum atomic E-state index is -1.17. The minimum Gasteiger partial charge on any atom is -0.388 e. The van der Waals surface area contributed by atoms with E-state index in [-0.39, 0.29) is 17.3 Å². The molecule has 0 aromatic rings. The second-order valence-electron chi connectivity index (χ2n) is 8.02. The van der Waals surface area contributed by atoms with Crippen molar-refractivity contribution in [2.45, 2.75) is 87.2 Å². The molecule has 1 unspecified atom stereocenters. The third kappa shape index (κ3) is 8.30. The van der Waals surface area contributed by atoms with Crippen LogP contribution in [0, 0.1) is 5.92 Å². The normalized spacial score (nSPS) is 35.6. The number of halogens is 1. The number of rotatable bonds is 6. The van der Waals surface area contributed by atoms with Gasteiger partial charge in [-0.15, -0.1) is 23.4 Å². The van der Waals surface area contributed by atoms with E-state index in [4.69, 9.17) is 16.3 Å². The first-order chi connectivity index (χ1) is 14.2. The second kappa shape index (κ2) is 13.9. The SMILES string of the molecule is C=C1C[C@@H](C(=O)NC)NCCC1CCC.CS[C@H]1O[C@H](C[C@H](C)Cl)[C@H](O)[C@H](O)[C@H]1O. The first-order valence-electron chi connectivity index (χ1n) is 10.6. The number of carbonyl (C=O) groups is 1. The summed E-state index contributed by atoms with van der Waals surface area (Å²) in [5.74, 6) is 0.672. The fourth-order valence-electron chi connectivity index (χ4n) is 3.82. The molecule has 0 aromatic heterocycles. The predicted molar refractivity (Wildman–Crippen MR) is 123 cm³/mol. The first kappa shape index (κ1) is 27.7. The van der Waals surface area contributed by atoms with Gasteiger partial charge in [0.05, 0.1) is 12.1 Å². The second-order valence-corrected chi connectivity index (χ2v) is 9.71. The van der Waals surface area contributed by atoms with Crippen LogP contribution in [0.2, 0.25) is 0 Å². The maximum Gasteiger partial charge on any atom is 0.237 e. The van der Waals surface area contributed by atoms with Gasteiger partial charge < -0.3 is 30.7 Å². The van der Waals surface area contributed by atoms with Gasteiger partial charge in [-0.2, -0.15) is 0 Å². The molecule has 0 aromatic carbocycles. The summed E-state index contributed by atoms with van der Waals surface area (Å²) in [6.07, 6.45) is 2.68. The molecule has 2 aliphatic heterocycles. The van der Waals surface area contributed by atoms with Crippen molar-refractivity contribution in [2.75, 3.05) is 19.8 Å². The van der Waals surface area contributed by atoms with E-state index in [9.17, 15) is 20.1 Å². The van der Waals surface area contributed by atoms with Crippen LogP contribution in [0.4, 0.5) is 0 Å². The van der Waals surface area contributed by atoms with Crippen LogP contribution in [0.5, 0.6) is 0 Å². The lowest BCUT2D eigenvalue weighted by Gasteiger charge is -2.40. The average molecular weight is 467 g/mol. The summed E-state index contributed by atoms with van der Waals surface area (Å²) < 4.78 is 5.46. The zero-order chi connectivity index (χ0) is 22.8. The Morgan fingerprint density at radius 2 is 2.03 bits per heavy atom. The summed E-state index contributed by atoms with van der Waals surface area (Å²) in [6.45, 7) is 9.03. The van der Waals surface area contributed by atoms with Crippen LogP contribution < -0.4 is 10.6 Å². The molecule has 2 heterocycles. The van der Waals surface area contributed by atoms with Crippen molar-refractivity contribution in [3.05, 3.63) is 12.2 Å². The van der Waals surface area contributed by atoms with E-state index < -0.39 is 29.9 Å². The van der Waals surface area contributed by atoms with Gasteiger partial charge in [-0.05, 0) is 51.3 Å². The number of alkyl halides is 1. The molecule has 1 amide bonds. The summed E-state index contributed by atoms with van der Waals surface area (Å²) in [6, 6.07) is -0.0793. The Labute approximate surface area is 190 Å². The maximum atomic E-state index is 11.5. The number of thioether (sulfide) groups is 1. The van der Waals surface area contributed by atoms with Crippen molar-refractivity contribution in [1.29, 1.82) is 0 Å². The zero-order valence-electron chi connectivity index (χ0n) is 18.5. The number of aliphatic hydroxyl groups is 3. The van der Waals surface area contributed by atoms with E-state index in [1.54, 1.807) is 20.2 Å². The van der Waals surface area contributed by atoms with Crippen LogP contribution in [0.3, 0.4) is 0 Å². The molecule has 0 spiro atoms. The smallest absolute Gasteiger partial charge is 0.237 e. The molecule has 0 aliphatic carbocycles. The van der Waals surface area contributed by atoms with Crippen LogP contribution >= 0.6 is 23.4 Å². The molecule has 9 heteroatoms. The minimum absolute atomic E-state index is 0.0771. The van der Waals surface area contributed by atoms with E-state index in [0.29, 0.717) is 12.3 Å². The van der Waals surface area contributed by atoms with Crippen LogP contribution in [0.25, 0.3) is 0 Å². The highest BCUT2D eigenvalue weighted by molar-refractivity contribution is 7.99. The Kier molecular flexibility index (Phi) is 12.9. The van der Waals surface area contributed by atoms with E-state index in [2.05, 4.69) is 24.1 Å². The van der Waals surface area contributed by atoms with Crippen molar-refractivity contribution in [2.24, 2.45) is 5.92 Å². The monoisotopic (exact) mass is 466 g/mol. The number of aliphatic hydroxyl groups excluding tert-OH is 3. The van der Waals surface area contributed by atoms with Crippen molar-refractivity contribution < 1.29 is 24.9 Å². The summed E-state index contributed by atoms with van der Waals surface area (Å²) in [4.78, 5) is 11.5. The number of hydrogen-bond donors (Lipinski definition) is 5. The summed E-state index contributed by atoms with van der Waals surface area (Å²) in [5.41, 5.74) is 0.722. The zero-order valence-corrected chi connectivity index (χ0v) is 20.1. The van der Waals surface area contributed by atoms with E-state index in [0.717, 1.165) is 19.4 Å². The first-order valence-corrected chi connectivity index (χ1v) is 12.4. The number of nitrogens with one attached hydrogen (secondary N) is 2. The van der Waals surface area contributed by atoms with Gasteiger partial charge in [0, 0.05) is 12.4 Å². The van der Waals surface area contributed by atoms with Crippen LogP contribution in [-0.2, 0) is 9.53 Å². The molecule has 2 fully saturated rings.